The second-order valence-corrected chi connectivity index (χ2v) is 7.34. The van der Waals surface area contributed by atoms with Gasteiger partial charge in [-0.3, -0.25) is 4.72 Å². The summed E-state index contributed by atoms with van der Waals surface area (Å²) in [5.74, 6) is 0. The summed E-state index contributed by atoms with van der Waals surface area (Å²) in [6.07, 6.45) is -10.1. The third kappa shape index (κ3) is 4.66. The molecule has 1 N–H and O–H groups in total. The molecule has 0 aliphatic rings. The molecule has 0 radical (unpaired) electrons. The molecular formula is C14H8BrF6NO2S. The van der Waals surface area contributed by atoms with Crippen LogP contribution >= 0.6 is 15.9 Å². The van der Waals surface area contributed by atoms with Gasteiger partial charge in [0, 0.05) is 4.47 Å². The Morgan fingerprint density at radius 1 is 0.840 bits per heavy atom. The van der Waals surface area contributed by atoms with Crippen LogP contribution in [0.1, 0.15) is 11.1 Å². The minimum absolute atomic E-state index is 0.0871. The molecule has 136 valence electrons. The topological polar surface area (TPSA) is 46.2 Å². The fourth-order valence-corrected chi connectivity index (χ4v) is 3.93. The van der Waals surface area contributed by atoms with Crippen LogP contribution in [0.25, 0.3) is 0 Å². The first-order valence-electron chi connectivity index (χ1n) is 6.37. The van der Waals surface area contributed by atoms with E-state index in [1.54, 1.807) is 4.72 Å². The number of hydrogen-bond donors (Lipinski definition) is 1. The lowest BCUT2D eigenvalue weighted by molar-refractivity contribution is -0.143. The van der Waals surface area contributed by atoms with Crippen LogP contribution in [0, 0.1) is 0 Å². The maximum absolute atomic E-state index is 12.8. The summed E-state index contributed by atoms with van der Waals surface area (Å²) in [6, 6.07) is 5.86. The monoisotopic (exact) mass is 447 g/mol. The Bertz CT molecular complexity index is 861. The van der Waals surface area contributed by atoms with Gasteiger partial charge in [0.25, 0.3) is 10.0 Å². The minimum atomic E-state index is -5.07. The molecule has 3 nitrogen and oxygen atoms in total. The molecule has 0 fully saturated rings. The van der Waals surface area contributed by atoms with E-state index < -0.39 is 39.2 Å². The summed E-state index contributed by atoms with van der Waals surface area (Å²) in [5.41, 5.74) is -4.09. The Morgan fingerprint density at radius 3 is 1.76 bits per heavy atom. The van der Waals surface area contributed by atoms with E-state index in [4.69, 9.17) is 0 Å². The summed E-state index contributed by atoms with van der Waals surface area (Å²) in [6.45, 7) is 0. The van der Waals surface area contributed by atoms with E-state index >= 15 is 0 Å². The van der Waals surface area contributed by atoms with E-state index in [0.717, 1.165) is 6.07 Å². The molecule has 0 amide bonds. The Hall–Kier alpha value is -1.75. The van der Waals surface area contributed by atoms with Gasteiger partial charge in [-0.25, -0.2) is 8.42 Å². The molecule has 25 heavy (non-hydrogen) atoms. The fraction of sp³-hybridized carbons (Fsp3) is 0.143. The zero-order valence-corrected chi connectivity index (χ0v) is 14.3. The predicted octanol–water partition coefficient (Wildman–Crippen LogP) is 5.29. The molecule has 0 atom stereocenters. The van der Waals surface area contributed by atoms with E-state index in [9.17, 15) is 34.8 Å². The van der Waals surface area contributed by atoms with Gasteiger partial charge in [0.05, 0.1) is 16.8 Å². The number of nitrogens with one attached hydrogen (secondary N) is 1. The molecule has 2 rings (SSSR count). The predicted molar refractivity (Wildman–Crippen MR) is 81.4 cm³/mol. The molecule has 0 saturated heterocycles. The molecule has 0 aliphatic carbocycles. The maximum Gasteiger partial charge on any atom is 0.416 e. The molecule has 11 heteroatoms. The molecule has 0 aliphatic heterocycles. The highest BCUT2D eigenvalue weighted by Crippen LogP contribution is 2.38. The van der Waals surface area contributed by atoms with Crippen LogP contribution < -0.4 is 4.72 Å². The molecule has 0 unspecified atom stereocenters. The Labute approximate surface area is 146 Å². The van der Waals surface area contributed by atoms with Gasteiger partial charge in [-0.2, -0.15) is 26.3 Å². The molecule has 2 aromatic carbocycles. The van der Waals surface area contributed by atoms with Gasteiger partial charge in [0.15, 0.2) is 0 Å². The molecular weight excluding hydrogens is 440 g/mol. The third-order valence-electron chi connectivity index (χ3n) is 2.97. The Balaban J connectivity index is 2.54. The average Bonchev–Trinajstić information content (AvgIpc) is 2.44. The standard InChI is InChI=1S/C14H8BrF6NO2S/c15-11-3-1-2-4-12(11)25(23,24)22-10-6-8(13(16,17)18)5-9(7-10)14(19,20)21/h1-7,22H. The fourth-order valence-electron chi connectivity index (χ4n) is 1.89. The number of anilines is 1. The second-order valence-electron chi connectivity index (χ2n) is 4.83. The summed E-state index contributed by atoms with van der Waals surface area (Å²) >= 11 is 2.96. The summed E-state index contributed by atoms with van der Waals surface area (Å²) in [4.78, 5) is -0.332. The van der Waals surface area contributed by atoms with Crippen molar-refractivity contribution in [2.24, 2.45) is 0 Å². The molecule has 0 aromatic heterocycles. The number of benzene rings is 2. The average molecular weight is 448 g/mol. The zero-order chi connectivity index (χ0) is 19.0. The van der Waals surface area contributed by atoms with Crippen LogP contribution in [0.5, 0.6) is 0 Å². The van der Waals surface area contributed by atoms with Gasteiger partial charge in [-0.15, -0.1) is 0 Å². The van der Waals surface area contributed by atoms with Crippen LogP contribution in [-0.4, -0.2) is 8.42 Å². The molecule has 0 saturated carbocycles. The first kappa shape index (κ1) is 19.6. The third-order valence-corrected chi connectivity index (χ3v) is 5.36. The van der Waals surface area contributed by atoms with Crippen molar-refractivity contribution < 1.29 is 34.8 Å². The number of rotatable bonds is 3. The van der Waals surface area contributed by atoms with Gasteiger partial charge < -0.3 is 0 Å². The van der Waals surface area contributed by atoms with E-state index in [1.165, 1.54) is 18.2 Å². The van der Waals surface area contributed by atoms with Crippen molar-refractivity contribution in [3.8, 4) is 0 Å². The smallest absolute Gasteiger partial charge is 0.280 e. The summed E-state index contributed by atoms with van der Waals surface area (Å²) in [7, 11) is -4.40. The molecule has 2 aromatic rings. The number of halogens is 7. The highest BCUT2D eigenvalue weighted by Gasteiger charge is 2.37. The SMILES string of the molecule is O=S(=O)(Nc1cc(C(F)(F)F)cc(C(F)(F)F)c1)c1ccccc1Br. The first-order valence-corrected chi connectivity index (χ1v) is 8.65. The highest BCUT2D eigenvalue weighted by molar-refractivity contribution is 9.10. The molecule has 0 heterocycles. The van der Waals surface area contributed by atoms with E-state index in [1.807, 2.05) is 0 Å². The van der Waals surface area contributed by atoms with Crippen molar-refractivity contribution in [3.05, 3.63) is 58.1 Å². The minimum Gasteiger partial charge on any atom is -0.280 e. The van der Waals surface area contributed by atoms with Crippen molar-refractivity contribution in [2.75, 3.05) is 4.72 Å². The first-order chi connectivity index (χ1) is 11.3. The van der Waals surface area contributed by atoms with Crippen molar-refractivity contribution in [1.29, 1.82) is 0 Å². The van der Waals surface area contributed by atoms with Crippen LogP contribution in [0.3, 0.4) is 0 Å². The second kappa shape index (κ2) is 6.52. The molecule has 0 bridgehead atoms. The van der Waals surface area contributed by atoms with Gasteiger partial charge in [-0.1, -0.05) is 12.1 Å². The normalized spacial score (nSPS) is 12.9. The Morgan fingerprint density at radius 2 is 1.32 bits per heavy atom. The van der Waals surface area contributed by atoms with Crippen LogP contribution in [0.15, 0.2) is 51.8 Å². The number of sulfonamides is 1. The largest absolute Gasteiger partial charge is 0.416 e. The van der Waals surface area contributed by atoms with E-state index in [0.29, 0.717) is 12.1 Å². The van der Waals surface area contributed by atoms with Crippen molar-refractivity contribution in [2.45, 2.75) is 17.2 Å². The highest BCUT2D eigenvalue weighted by atomic mass is 79.9. The summed E-state index contributed by atoms with van der Waals surface area (Å²) in [5, 5.41) is 0. The van der Waals surface area contributed by atoms with E-state index in [-0.39, 0.29) is 15.4 Å². The molecule has 0 spiro atoms. The van der Waals surface area contributed by atoms with Gasteiger partial charge >= 0.3 is 12.4 Å². The quantitative estimate of drug-likeness (QED) is 0.650. The maximum atomic E-state index is 12.8. The summed E-state index contributed by atoms with van der Waals surface area (Å²) < 4.78 is 103. The van der Waals surface area contributed by atoms with Crippen LogP contribution in [0.4, 0.5) is 32.0 Å². The lowest BCUT2D eigenvalue weighted by atomic mass is 10.1. The van der Waals surface area contributed by atoms with E-state index in [2.05, 4.69) is 15.9 Å². The zero-order valence-electron chi connectivity index (χ0n) is 11.9. The van der Waals surface area contributed by atoms with Crippen molar-refractivity contribution >= 4 is 31.6 Å². The number of alkyl halides is 6. The van der Waals surface area contributed by atoms with Gasteiger partial charge in [-0.05, 0) is 46.3 Å². The lowest BCUT2D eigenvalue weighted by Crippen LogP contribution is -2.16. The van der Waals surface area contributed by atoms with Crippen LogP contribution in [0.2, 0.25) is 0 Å². The van der Waals surface area contributed by atoms with Crippen molar-refractivity contribution in [3.63, 3.8) is 0 Å². The Kier molecular flexibility index (Phi) is 5.11. The number of hydrogen-bond acceptors (Lipinski definition) is 2. The van der Waals surface area contributed by atoms with Gasteiger partial charge in [0.1, 0.15) is 4.90 Å². The lowest BCUT2D eigenvalue weighted by Gasteiger charge is -2.15. The van der Waals surface area contributed by atoms with Gasteiger partial charge in [0.2, 0.25) is 0 Å². The van der Waals surface area contributed by atoms with Crippen LogP contribution in [-0.2, 0) is 22.4 Å². The van der Waals surface area contributed by atoms with Crippen molar-refractivity contribution in [1.82, 2.24) is 0 Å².